The first kappa shape index (κ1) is 13.3. The molecule has 0 atom stereocenters. The molecular formula is C11H12N4O3S. The van der Waals surface area contributed by atoms with Gasteiger partial charge in [-0.15, -0.1) is 5.10 Å². The SMILES string of the molecule is COc1ccc([N+](=O)[O-])cc1CSc1n[nH]c(C)n1. The van der Waals surface area contributed by atoms with Crippen molar-refractivity contribution in [1.82, 2.24) is 15.2 Å². The maximum absolute atomic E-state index is 10.8. The van der Waals surface area contributed by atoms with Crippen LogP contribution < -0.4 is 4.74 Å². The molecule has 100 valence electrons. The lowest BCUT2D eigenvalue weighted by molar-refractivity contribution is -0.384. The molecule has 0 aliphatic carbocycles. The number of hydrogen-bond acceptors (Lipinski definition) is 6. The molecule has 2 aromatic rings. The number of aromatic nitrogens is 3. The number of thioether (sulfide) groups is 1. The van der Waals surface area contributed by atoms with Crippen LogP contribution in [0.3, 0.4) is 0 Å². The molecule has 7 nitrogen and oxygen atoms in total. The minimum Gasteiger partial charge on any atom is -0.496 e. The van der Waals surface area contributed by atoms with Gasteiger partial charge in [0.2, 0.25) is 5.16 Å². The molecule has 1 aromatic heterocycles. The van der Waals surface area contributed by atoms with Crippen molar-refractivity contribution >= 4 is 17.4 Å². The number of nitro groups is 1. The summed E-state index contributed by atoms with van der Waals surface area (Å²) in [7, 11) is 1.53. The van der Waals surface area contributed by atoms with E-state index in [9.17, 15) is 10.1 Å². The number of nitro benzene ring substituents is 1. The molecule has 0 radical (unpaired) electrons. The number of H-pyrrole nitrogens is 1. The lowest BCUT2D eigenvalue weighted by Gasteiger charge is -2.06. The molecule has 0 bridgehead atoms. The summed E-state index contributed by atoms with van der Waals surface area (Å²) >= 11 is 1.39. The van der Waals surface area contributed by atoms with Gasteiger partial charge in [0, 0.05) is 23.4 Å². The van der Waals surface area contributed by atoms with Gasteiger partial charge < -0.3 is 4.74 Å². The highest BCUT2D eigenvalue weighted by molar-refractivity contribution is 7.98. The van der Waals surface area contributed by atoms with Gasteiger partial charge in [0.25, 0.3) is 5.69 Å². The first-order valence-corrected chi connectivity index (χ1v) is 6.42. The third-order valence-corrected chi connectivity index (χ3v) is 3.30. The Labute approximate surface area is 113 Å². The van der Waals surface area contributed by atoms with E-state index in [0.29, 0.717) is 16.7 Å². The average molecular weight is 280 g/mol. The number of ether oxygens (including phenoxy) is 1. The van der Waals surface area contributed by atoms with E-state index in [2.05, 4.69) is 15.2 Å². The first-order chi connectivity index (χ1) is 9.10. The Kier molecular flexibility index (Phi) is 4.00. The van der Waals surface area contributed by atoms with E-state index in [1.165, 1.54) is 31.0 Å². The number of hydrogen-bond donors (Lipinski definition) is 1. The second kappa shape index (κ2) is 5.70. The molecular weight excluding hydrogens is 268 g/mol. The Hall–Kier alpha value is -2.09. The maximum Gasteiger partial charge on any atom is 0.270 e. The van der Waals surface area contributed by atoms with Crippen LogP contribution in [0, 0.1) is 17.0 Å². The fourth-order valence-corrected chi connectivity index (χ4v) is 2.34. The van der Waals surface area contributed by atoms with Crippen LogP contribution in [-0.2, 0) is 5.75 Å². The van der Waals surface area contributed by atoms with Crippen LogP contribution in [0.2, 0.25) is 0 Å². The van der Waals surface area contributed by atoms with Crippen molar-refractivity contribution in [1.29, 1.82) is 0 Å². The first-order valence-electron chi connectivity index (χ1n) is 5.43. The zero-order chi connectivity index (χ0) is 13.8. The Bertz CT molecular complexity index is 599. The minimum atomic E-state index is -0.426. The summed E-state index contributed by atoms with van der Waals surface area (Å²) in [5.74, 6) is 1.85. The second-order valence-corrected chi connectivity index (χ2v) is 4.69. The second-order valence-electron chi connectivity index (χ2n) is 3.75. The normalized spacial score (nSPS) is 10.4. The summed E-state index contributed by atoms with van der Waals surface area (Å²) in [5, 5.41) is 18.1. The van der Waals surface area contributed by atoms with E-state index in [1.807, 2.05) is 6.92 Å². The van der Waals surface area contributed by atoms with E-state index < -0.39 is 4.92 Å². The molecule has 8 heteroatoms. The van der Waals surface area contributed by atoms with Gasteiger partial charge >= 0.3 is 0 Å². The van der Waals surface area contributed by atoms with Crippen molar-refractivity contribution in [3.8, 4) is 5.75 Å². The highest BCUT2D eigenvalue weighted by atomic mass is 32.2. The Morgan fingerprint density at radius 2 is 2.32 bits per heavy atom. The fraction of sp³-hybridized carbons (Fsp3) is 0.273. The fourth-order valence-electron chi connectivity index (χ4n) is 1.52. The standard InChI is InChI=1S/C11H12N4O3S/c1-7-12-11(14-13-7)19-6-8-5-9(15(16)17)3-4-10(8)18-2/h3-5H,6H2,1-2H3,(H,12,13,14). The maximum atomic E-state index is 10.8. The molecule has 0 aliphatic rings. The van der Waals surface area contributed by atoms with Gasteiger partial charge in [0.15, 0.2) is 0 Å². The molecule has 19 heavy (non-hydrogen) atoms. The average Bonchev–Trinajstić information content (AvgIpc) is 2.81. The Morgan fingerprint density at radius 3 is 2.89 bits per heavy atom. The van der Waals surface area contributed by atoms with Crippen LogP contribution >= 0.6 is 11.8 Å². The summed E-state index contributed by atoms with van der Waals surface area (Å²) in [4.78, 5) is 14.5. The summed E-state index contributed by atoms with van der Waals surface area (Å²) < 4.78 is 5.19. The number of aromatic amines is 1. The lowest BCUT2D eigenvalue weighted by atomic mass is 10.2. The molecule has 0 amide bonds. The third-order valence-electron chi connectivity index (χ3n) is 2.41. The molecule has 1 heterocycles. The number of benzene rings is 1. The van der Waals surface area contributed by atoms with Gasteiger partial charge in [-0.05, 0) is 13.0 Å². The molecule has 1 aromatic carbocycles. The molecule has 0 aliphatic heterocycles. The van der Waals surface area contributed by atoms with E-state index in [1.54, 1.807) is 6.07 Å². The molecule has 0 saturated heterocycles. The van der Waals surface area contributed by atoms with Gasteiger partial charge in [-0.3, -0.25) is 15.2 Å². The van der Waals surface area contributed by atoms with E-state index in [0.717, 1.165) is 11.4 Å². The molecule has 2 rings (SSSR count). The van der Waals surface area contributed by atoms with Crippen molar-refractivity contribution in [2.75, 3.05) is 7.11 Å². The van der Waals surface area contributed by atoms with Crippen molar-refractivity contribution in [3.05, 3.63) is 39.7 Å². The van der Waals surface area contributed by atoms with Crippen LogP contribution in [0.5, 0.6) is 5.75 Å². The quantitative estimate of drug-likeness (QED) is 0.513. The van der Waals surface area contributed by atoms with Gasteiger partial charge in [-0.2, -0.15) is 0 Å². The van der Waals surface area contributed by atoms with Gasteiger partial charge in [-0.25, -0.2) is 4.98 Å². The highest BCUT2D eigenvalue weighted by Crippen LogP contribution is 2.29. The largest absolute Gasteiger partial charge is 0.496 e. The predicted octanol–water partition coefficient (Wildman–Crippen LogP) is 2.32. The smallest absolute Gasteiger partial charge is 0.270 e. The monoisotopic (exact) mass is 280 g/mol. The topological polar surface area (TPSA) is 93.9 Å². The zero-order valence-electron chi connectivity index (χ0n) is 10.4. The minimum absolute atomic E-state index is 0.0440. The Morgan fingerprint density at radius 1 is 1.53 bits per heavy atom. The van der Waals surface area contributed by atoms with Gasteiger partial charge in [0.1, 0.15) is 11.6 Å². The number of nitrogens with one attached hydrogen (secondary N) is 1. The summed E-state index contributed by atoms with van der Waals surface area (Å²) in [6.07, 6.45) is 0. The number of aryl methyl sites for hydroxylation is 1. The van der Waals surface area contributed by atoms with Crippen LogP contribution in [0.25, 0.3) is 0 Å². The molecule has 1 N–H and O–H groups in total. The van der Waals surface area contributed by atoms with Crippen LogP contribution in [0.15, 0.2) is 23.4 Å². The molecule has 0 fully saturated rings. The van der Waals surface area contributed by atoms with E-state index >= 15 is 0 Å². The highest BCUT2D eigenvalue weighted by Gasteiger charge is 2.12. The predicted molar refractivity (Wildman–Crippen MR) is 70.3 cm³/mol. The lowest BCUT2D eigenvalue weighted by Crippen LogP contribution is -1.94. The number of methoxy groups -OCH3 is 1. The van der Waals surface area contributed by atoms with Gasteiger partial charge in [-0.1, -0.05) is 11.8 Å². The summed E-state index contributed by atoms with van der Waals surface area (Å²) in [6, 6.07) is 4.52. The molecule has 0 unspecified atom stereocenters. The number of nitrogens with zero attached hydrogens (tertiary/aromatic N) is 3. The van der Waals surface area contributed by atoms with Crippen molar-refractivity contribution in [2.24, 2.45) is 0 Å². The van der Waals surface area contributed by atoms with Crippen LogP contribution in [-0.4, -0.2) is 27.2 Å². The zero-order valence-corrected chi connectivity index (χ0v) is 11.2. The van der Waals surface area contributed by atoms with Crippen molar-refractivity contribution < 1.29 is 9.66 Å². The van der Waals surface area contributed by atoms with E-state index in [4.69, 9.17) is 4.74 Å². The third kappa shape index (κ3) is 3.22. The van der Waals surface area contributed by atoms with Crippen LogP contribution in [0.4, 0.5) is 5.69 Å². The van der Waals surface area contributed by atoms with Crippen LogP contribution in [0.1, 0.15) is 11.4 Å². The number of non-ortho nitro benzene ring substituents is 1. The summed E-state index contributed by atoms with van der Waals surface area (Å²) in [5.41, 5.74) is 0.784. The van der Waals surface area contributed by atoms with Crippen molar-refractivity contribution in [3.63, 3.8) is 0 Å². The van der Waals surface area contributed by atoms with Gasteiger partial charge in [0.05, 0.1) is 12.0 Å². The van der Waals surface area contributed by atoms with E-state index in [-0.39, 0.29) is 5.69 Å². The number of rotatable bonds is 5. The molecule has 0 saturated carbocycles. The Balaban J connectivity index is 2.17. The van der Waals surface area contributed by atoms with Crippen molar-refractivity contribution in [2.45, 2.75) is 17.8 Å². The summed E-state index contributed by atoms with van der Waals surface area (Å²) in [6.45, 7) is 1.81. The molecule has 0 spiro atoms.